The van der Waals surface area contributed by atoms with E-state index >= 15 is 0 Å². The molecule has 1 fully saturated rings. The number of anilines is 1. The number of thioether (sulfide) groups is 1. The van der Waals surface area contributed by atoms with E-state index in [-0.39, 0.29) is 11.5 Å². The first-order valence-electron chi connectivity index (χ1n) is 13.0. The summed E-state index contributed by atoms with van der Waals surface area (Å²) < 4.78 is 2.10. The van der Waals surface area contributed by atoms with E-state index in [2.05, 4.69) is 17.2 Å². The Labute approximate surface area is 218 Å². The molecule has 8 heteroatoms. The number of hydrogen-bond acceptors (Lipinski definition) is 6. The van der Waals surface area contributed by atoms with Crippen LogP contribution in [0.15, 0.2) is 28.0 Å². The molecule has 3 heterocycles. The highest BCUT2D eigenvalue weighted by molar-refractivity contribution is 8.26. The third-order valence-corrected chi connectivity index (χ3v) is 7.61. The lowest BCUT2D eigenvalue weighted by Crippen LogP contribution is -2.29. The molecule has 0 aromatic carbocycles. The average Bonchev–Trinajstić information content (AvgIpc) is 3.10. The van der Waals surface area contributed by atoms with Gasteiger partial charge in [-0.05, 0) is 38.0 Å². The Kier molecular flexibility index (Phi) is 10.8. The summed E-state index contributed by atoms with van der Waals surface area (Å²) in [5.41, 5.74) is 1.72. The van der Waals surface area contributed by atoms with Crippen LogP contribution in [0.3, 0.4) is 0 Å². The van der Waals surface area contributed by atoms with Crippen LogP contribution in [0, 0.1) is 6.92 Å². The number of amides is 1. The number of nitrogens with one attached hydrogen (secondary N) is 1. The molecule has 35 heavy (non-hydrogen) atoms. The van der Waals surface area contributed by atoms with Gasteiger partial charge in [0.2, 0.25) is 0 Å². The molecule has 1 saturated heterocycles. The molecule has 0 aliphatic carbocycles. The number of carbonyl (C=O) groups is 1. The van der Waals surface area contributed by atoms with Crippen LogP contribution in [-0.4, -0.2) is 37.6 Å². The zero-order valence-electron chi connectivity index (χ0n) is 21.3. The van der Waals surface area contributed by atoms with Crippen molar-refractivity contribution in [3.05, 3.63) is 44.7 Å². The second kappa shape index (κ2) is 13.8. The fraction of sp³-hybridized carbons (Fsp3) is 0.556. The molecule has 1 aliphatic rings. The highest BCUT2D eigenvalue weighted by Gasteiger charge is 2.32. The Bertz CT molecular complexity index is 1130. The van der Waals surface area contributed by atoms with Crippen molar-refractivity contribution >= 4 is 51.7 Å². The van der Waals surface area contributed by atoms with E-state index in [9.17, 15) is 9.59 Å². The Hall–Kier alpha value is -2.19. The van der Waals surface area contributed by atoms with Crippen LogP contribution in [0.5, 0.6) is 0 Å². The van der Waals surface area contributed by atoms with Gasteiger partial charge in [-0.15, -0.1) is 0 Å². The van der Waals surface area contributed by atoms with Crippen molar-refractivity contribution in [2.24, 2.45) is 0 Å². The van der Waals surface area contributed by atoms with Crippen LogP contribution < -0.4 is 10.9 Å². The number of aryl methyl sites for hydroxylation is 1. The molecule has 190 valence electrons. The fourth-order valence-electron chi connectivity index (χ4n) is 4.27. The molecule has 1 amide bonds. The molecule has 3 rings (SSSR count). The minimum absolute atomic E-state index is 0.118. The normalized spacial score (nSPS) is 15.1. The predicted octanol–water partition coefficient (Wildman–Crippen LogP) is 6.56. The summed E-state index contributed by atoms with van der Waals surface area (Å²) in [6, 6.07) is 3.75. The van der Waals surface area contributed by atoms with Gasteiger partial charge in [-0.2, -0.15) is 0 Å². The molecule has 0 saturated carbocycles. The largest absolute Gasteiger partial charge is 0.370 e. The van der Waals surface area contributed by atoms with Gasteiger partial charge < -0.3 is 5.32 Å². The molecule has 2 aromatic heterocycles. The summed E-state index contributed by atoms with van der Waals surface area (Å²) in [4.78, 5) is 33.2. The highest BCUT2D eigenvalue weighted by atomic mass is 32.2. The standard InChI is InChI=1S/C27H38N4O2S2/c1-4-6-7-8-9-10-11-12-13-14-17-30-26(33)22(35-27(30)34)18-21-24(28-5-2)29-23-16-15-20(3)19-31(23)25(21)32/h15-16,18-19,28H,4-14,17H2,1-3H3. The van der Waals surface area contributed by atoms with Crippen LogP contribution >= 0.6 is 24.0 Å². The maximum atomic E-state index is 13.3. The average molecular weight is 515 g/mol. The fourth-order valence-corrected chi connectivity index (χ4v) is 5.56. The molecule has 6 nitrogen and oxygen atoms in total. The molecule has 0 spiro atoms. The number of thiocarbonyl (C=S) groups is 1. The minimum Gasteiger partial charge on any atom is -0.370 e. The molecule has 0 bridgehead atoms. The monoisotopic (exact) mass is 514 g/mol. The van der Waals surface area contributed by atoms with Crippen LogP contribution in [0.25, 0.3) is 11.7 Å². The topological polar surface area (TPSA) is 66.7 Å². The molecule has 1 aliphatic heterocycles. The second-order valence-electron chi connectivity index (χ2n) is 9.16. The van der Waals surface area contributed by atoms with Gasteiger partial charge in [0, 0.05) is 19.3 Å². The lowest BCUT2D eigenvalue weighted by Gasteiger charge is -2.14. The number of hydrogen-bond donors (Lipinski definition) is 1. The van der Waals surface area contributed by atoms with Gasteiger partial charge in [0.05, 0.1) is 10.5 Å². The summed E-state index contributed by atoms with van der Waals surface area (Å²) in [6.45, 7) is 7.38. The van der Waals surface area contributed by atoms with E-state index in [0.29, 0.717) is 39.3 Å². The van der Waals surface area contributed by atoms with Crippen LogP contribution in [0.2, 0.25) is 0 Å². The second-order valence-corrected chi connectivity index (χ2v) is 10.8. The van der Waals surface area contributed by atoms with Gasteiger partial charge in [-0.25, -0.2) is 4.98 Å². The predicted molar refractivity (Wildman–Crippen MR) is 152 cm³/mol. The SMILES string of the molecule is CCCCCCCCCCCCN1C(=O)C(=Cc2c(NCC)nc3ccc(C)cn3c2=O)SC1=S. The first-order valence-corrected chi connectivity index (χ1v) is 14.2. The maximum Gasteiger partial charge on any atom is 0.267 e. The van der Waals surface area contributed by atoms with E-state index in [4.69, 9.17) is 12.2 Å². The molecule has 0 unspecified atom stereocenters. The number of pyridine rings is 1. The number of unbranched alkanes of at least 4 members (excludes halogenated alkanes) is 9. The minimum atomic E-state index is -0.199. The van der Waals surface area contributed by atoms with E-state index in [1.807, 2.05) is 26.0 Å². The number of carbonyl (C=O) groups excluding carboxylic acids is 1. The van der Waals surface area contributed by atoms with Crippen LogP contribution in [0.1, 0.15) is 89.2 Å². The first kappa shape index (κ1) is 27.4. The van der Waals surface area contributed by atoms with E-state index in [1.165, 1.54) is 67.5 Å². The van der Waals surface area contributed by atoms with Gasteiger partial charge >= 0.3 is 0 Å². The third-order valence-electron chi connectivity index (χ3n) is 6.23. The quantitative estimate of drug-likeness (QED) is 0.175. The number of nitrogens with zero attached hydrogens (tertiary/aromatic N) is 3. The zero-order valence-corrected chi connectivity index (χ0v) is 22.9. The summed E-state index contributed by atoms with van der Waals surface area (Å²) >= 11 is 6.77. The lowest BCUT2D eigenvalue weighted by atomic mass is 10.1. The third kappa shape index (κ3) is 7.40. The Balaban J connectivity index is 1.62. The van der Waals surface area contributed by atoms with Crippen molar-refractivity contribution in [2.45, 2.75) is 85.0 Å². The van der Waals surface area contributed by atoms with Crippen molar-refractivity contribution in [2.75, 3.05) is 18.4 Å². The van der Waals surface area contributed by atoms with Crippen molar-refractivity contribution in [1.82, 2.24) is 14.3 Å². The number of fused-ring (bicyclic) bond motifs is 1. The van der Waals surface area contributed by atoms with E-state index in [0.717, 1.165) is 18.4 Å². The molecule has 0 atom stereocenters. The Morgan fingerprint density at radius 2 is 1.66 bits per heavy atom. The van der Waals surface area contributed by atoms with Gasteiger partial charge in [0.25, 0.3) is 11.5 Å². The van der Waals surface area contributed by atoms with Crippen molar-refractivity contribution in [3.8, 4) is 0 Å². The smallest absolute Gasteiger partial charge is 0.267 e. The van der Waals surface area contributed by atoms with E-state index in [1.54, 1.807) is 17.2 Å². The summed E-state index contributed by atoms with van der Waals surface area (Å²) in [7, 11) is 0. The molecular weight excluding hydrogens is 476 g/mol. The number of rotatable bonds is 14. The zero-order chi connectivity index (χ0) is 25.2. The maximum absolute atomic E-state index is 13.3. The highest BCUT2D eigenvalue weighted by Crippen LogP contribution is 2.33. The summed E-state index contributed by atoms with van der Waals surface area (Å²) in [5.74, 6) is 0.369. The Morgan fingerprint density at radius 3 is 2.31 bits per heavy atom. The van der Waals surface area contributed by atoms with Gasteiger partial charge in [0.1, 0.15) is 15.8 Å². The van der Waals surface area contributed by atoms with Crippen LogP contribution in [-0.2, 0) is 4.79 Å². The number of aromatic nitrogens is 2. The molecule has 1 N–H and O–H groups in total. The first-order chi connectivity index (χ1) is 17.0. The van der Waals surface area contributed by atoms with Crippen molar-refractivity contribution in [3.63, 3.8) is 0 Å². The lowest BCUT2D eigenvalue weighted by molar-refractivity contribution is -0.122. The molecular formula is C27H38N4O2S2. The van der Waals surface area contributed by atoms with Crippen molar-refractivity contribution in [1.29, 1.82) is 0 Å². The van der Waals surface area contributed by atoms with Crippen molar-refractivity contribution < 1.29 is 4.79 Å². The Morgan fingerprint density at radius 1 is 1.00 bits per heavy atom. The van der Waals surface area contributed by atoms with Gasteiger partial charge in [0.15, 0.2) is 0 Å². The van der Waals surface area contributed by atoms with Gasteiger partial charge in [-0.1, -0.05) is 94.8 Å². The summed E-state index contributed by atoms with van der Waals surface area (Å²) in [5, 5.41) is 3.17. The van der Waals surface area contributed by atoms with Gasteiger partial charge in [-0.3, -0.25) is 18.9 Å². The molecule has 0 radical (unpaired) electrons. The van der Waals surface area contributed by atoms with E-state index < -0.39 is 0 Å². The summed E-state index contributed by atoms with van der Waals surface area (Å²) in [6.07, 6.45) is 15.9. The van der Waals surface area contributed by atoms with Crippen LogP contribution in [0.4, 0.5) is 5.82 Å². The molecule has 2 aromatic rings.